The number of anilines is 2. The minimum Gasteiger partial charge on any atom is -0.481 e. The lowest BCUT2D eigenvalue weighted by Gasteiger charge is -2.32. The van der Waals surface area contributed by atoms with E-state index in [1.54, 1.807) is 23.2 Å². The van der Waals surface area contributed by atoms with Crippen LogP contribution in [0.2, 0.25) is 0 Å². The second-order valence-corrected chi connectivity index (χ2v) is 9.22. The summed E-state index contributed by atoms with van der Waals surface area (Å²) in [5, 5.41) is 14.5. The lowest BCUT2D eigenvalue weighted by atomic mass is 9.98. The molecule has 2 heterocycles. The van der Waals surface area contributed by atoms with Gasteiger partial charge in [0.2, 0.25) is 11.8 Å². The standard InChI is InChI=1S/C27H30N4O5/c1-18-6-3-4-7-22(18)30-26(35)29-20-10-8-19(9-11-20)16-23(32)31-15-5-14-27(31,2)25-28-17-21(36-25)12-13-24(33)34/h3-4,6-11,17H,5,12-16H2,1-2H3,(H,33,34)(H2,29,30,35). The van der Waals surface area contributed by atoms with Crippen molar-refractivity contribution in [3.8, 4) is 0 Å². The van der Waals surface area contributed by atoms with Crippen LogP contribution in [0.5, 0.6) is 0 Å². The van der Waals surface area contributed by atoms with Crippen LogP contribution in [-0.2, 0) is 28.0 Å². The molecule has 4 rings (SSSR count). The van der Waals surface area contributed by atoms with E-state index in [2.05, 4.69) is 15.6 Å². The molecule has 1 saturated heterocycles. The highest BCUT2D eigenvalue weighted by Gasteiger charge is 2.44. The van der Waals surface area contributed by atoms with Crippen molar-refractivity contribution in [2.45, 2.75) is 51.5 Å². The Hall–Kier alpha value is -4.14. The van der Waals surface area contributed by atoms with E-state index >= 15 is 0 Å². The lowest BCUT2D eigenvalue weighted by Crippen LogP contribution is -2.43. The van der Waals surface area contributed by atoms with Crippen molar-refractivity contribution in [1.29, 1.82) is 0 Å². The van der Waals surface area contributed by atoms with E-state index in [4.69, 9.17) is 9.52 Å². The number of oxazole rings is 1. The number of benzene rings is 2. The summed E-state index contributed by atoms with van der Waals surface area (Å²) in [6.07, 6.45) is 3.52. The van der Waals surface area contributed by atoms with Crippen LogP contribution in [0.3, 0.4) is 0 Å². The molecule has 3 aromatic rings. The Labute approximate surface area is 209 Å². The number of carboxylic acids is 1. The van der Waals surface area contributed by atoms with Crippen LogP contribution in [0.1, 0.15) is 49.0 Å². The second-order valence-electron chi connectivity index (χ2n) is 9.22. The predicted molar refractivity (Wildman–Crippen MR) is 135 cm³/mol. The highest BCUT2D eigenvalue weighted by atomic mass is 16.4. The summed E-state index contributed by atoms with van der Waals surface area (Å²) in [6, 6.07) is 14.4. The van der Waals surface area contributed by atoms with Crippen LogP contribution >= 0.6 is 0 Å². The number of aliphatic carboxylic acids is 1. The maximum atomic E-state index is 13.2. The third kappa shape index (κ3) is 5.73. The molecule has 1 atom stereocenters. The number of hydrogen-bond acceptors (Lipinski definition) is 5. The van der Waals surface area contributed by atoms with Gasteiger partial charge in [-0.05, 0) is 56.0 Å². The number of likely N-dealkylation sites (tertiary alicyclic amines) is 1. The first kappa shape index (κ1) is 25.0. The Kier molecular flexibility index (Phi) is 7.38. The van der Waals surface area contributed by atoms with E-state index in [1.165, 1.54) is 0 Å². The van der Waals surface area contributed by atoms with Gasteiger partial charge in [0, 0.05) is 24.3 Å². The summed E-state index contributed by atoms with van der Waals surface area (Å²) in [5.41, 5.74) is 2.49. The number of para-hydroxylation sites is 1. The van der Waals surface area contributed by atoms with E-state index in [1.807, 2.05) is 50.2 Å². The number of nitrogens with zero attached hydrogens (tertiary/aromatic N) is 2. The molecule has 36 heavy (non-hydrogen) atoms. The van der Waals surface area contributed by atoms with Crippen LogP contribution in [0.25, 0.3) is 0 Å². The van der Waals surface area contributed by atoms with Crippen molar-refractivity contribution < 1.29 is 23.9 Å². The van der Waals surface area contributed by atoms with E-state index in [0.717, 1.165) is 29.7 Å². The van der Waals surface area contributed by atoms with Gasteiger partial charge in [-0.1, -0.05) is 30.3 Å². The Morgan fingerprint density at radius 1 is 1.11 bits per heavy atom. The molecule has 9 nitrogen and oxygen atoms in total. The Morgan fingerprint density at radius 2 is 1.86 bits per heavy atom. The van der Waals surface area contributed by atoms with Crippen molar-refractivity contribution in [1.82, 2.24) is 9.88 Å². The SMILES string of the molecule is Cc1ccccc1NC(=O)Nc1ccc(CC(=O)N2CCCC2(C)c2ncc(CCC(=O)O)o2)cc1. The van der Waals surface area contributed by atoms with Crippen molar-refractivity contribution in [3.63, 3.8) is 0 Å². The summed E-state index contributed by atoms with van der Waals surface area (Å²) in [7, 11) is 0. The zero-order valence-electron chi connectivity index (χ0n) is 20.4. The van der Waals surface area contributed by atoms with Crippen LogP contribution < -0.4 is 10.6 Å². The molecular formula is C27H30N4O5. The highest BCUT2D eigenvalue weighted by molar-refractivity contribution is 6.00. The molecule has 1 fully saturated rings. The van der Waals surface area contributed by atoms with Gasteiger partial charge in [-0.2, -0.15) is 0 Å². The summed E-state index contributed by atoms with van der Waals surface area (Å²) in [6.45, 7) is 4.46. The second kappa shape index (κ2) is 10.6. The Morgan fingerprint density at radius 3 is 2.58 bits per heavy atom. The molecule has 0 bridgehead atoms. The molecular weight excluding hydrogens is 460 g/mol. The molecule has 0 radical (unpaired) electrons. The molecule has 9 heteroatoms. The highest BCUT2D eigenvalue weighted by Crippen LogP contribution is 2.38. The van der Waals surface area contributed by atoms with Crippen molar-refractivity contribution in [2.24, 2.45) is 0 Å². The van der Waals surface area contributed by atoms with E-state index in [-0.39, 0.29) is 31.2 Å². The van der Waals surface area contributed by atoms with Crippen LogP contribution in [0, 0.1) is 6.92 Å². The molecule has 1 aliphatic rings. The number of aryl methyl sites for hydroxylation is 2. The first-order valence-corrected chi connectivity index (χ1v) is 11.9. The van der Waals surface area contributed by atoms with Gasteiger partial charge in [-0.15, -0.1) is 0 Å². The van der Waals surface area contributed by atoms with Crippen LogP contribution in [0.15, 0.2) is 59.1 Å². The van der Waals surface area contributed by atoms with Gasteiger partial charge in [-0.3, -0.25) is 9.59 Å². The number of carbonyl (C=O) groups is 3. The molecule has 3 amide bonds. The molecule has 0 aliphatic carbocycles. The Balaban J connectivity index is 1.36. The fourth-order valence-corrected chi connectivity index (χ4v) is 4.46. The molecule has 188 valence electrons. The summed E-state index contributed by atoms with van der Waals surface area (Å²) in [5.74, 6) is -0.00121. The first-order valence-electron chi connectivity index (χ1n) is 11.9. The maximum absolute atomic E-state index is 13.2. The number of carbonyl (C=O) groups excluding carboxylic acids is 2. The molecule has 3 N–H and O–H groups in total. The average molecular weight is 491 g/mol. The van der Waals surface area contributed by atoms with Gasteiger partial charge >= 0.3 is 12.0 Å². The van der Waals surface area contributed by atoms with E-state index in [9.17, 15) is 14.4 Å². The van der Waals surface area contributed by atoms with Crippen LogP contribution in [-0.4, -0.2) is 39.4 Å². The minimum absolute atomic E-state index is 0.0353. The zero-order valence-corrected chi connectivity index (χ0v) is 20.4. The normalized spacial score (nSPS) is 17.1. The third-order valence-electron chi connectivity index (χ3n) is 6.50. The number of carboxylic acid groups (broad SMARTS) is 1. The monoisotopic (exact) mass is 490 g/mol. The molecule has 1 unspecified atom stereocenters. The summed E-state index contributed by atoms with van der Waals surface area (Å²) < 4.78 is 5.84. The number of amides is 3. The van der Waals surface area contributed by atoms with Gasteiger partial charge in [-0.25, -0.2) is 9.78 Å². The number of urea groups is 1. The summed E-state index contributed by atoms with van der Waals surface area (Å²) in [4.78, 5) is 42.5. The van der Waals surface area contributed by atoms with E-state index < -0.39 is 11.5 Å². The smallest absolute Gasteiger partial charge is 0.323 e. The van der Waals surface area contributed by atoms with Crippen molar-refractivity contribution >= 4 is 29.3 Å². The van der Waals surface area contributed by atoms with Gasteiger partial charge in [0.1, 0.15) is 11.3 Å². The average Bonchev–Trinajstić information content (AvgIpc) is 3.48. The fraction of sp³-hybridized carbons (Fsp3) is 0.333. The number of aromatic nitrogens is 1. The number of hydrogen-bond donors (Lipinski definition) is 3. The number of nitrogens with one attached hydrogen (secondary N) is 2. The minimum atomic E-state index is -0.898. The van der Waals surface area contributed by atoms with Gasteiger partial charge in [0.05, 0.1) is 19.0 Å². The quantitative estimate of drug-likeness (QED) is 0.419. The largest absolute Gasteiger partial charge is 0.481 e. The molecule has 0 saturated carbocycles. The van der Waals surface area contributed by atoms with Crippen LogP contribution in [0.4, 0.5) is 16.2 Å². The van der Waals surface area contributed by atoms with Gasteiger partial charge in [0.15, 0.2) is 0 Å². The third-order valence-corrected chi connectivity index (χ3v) is 6.50. The Bertz CT molecular complexity index is 1250. The molecule has 1 aromatic heterocycles. The van der Waals surface area contributed by atoms with E-state index in [0.29, 0.717) is 23.9 Å². The predicted octanol–water partition coefficient (Wildman–Crippen LogP) is 4.72. The maximum Gasteiger partial charge on any atom is 0.323 e. The zero-order chi connectivity index (χ0) is 25.7. The van der Waals surface area contributed by atoms with Crippen molar-refractivity contribution in [2.75, 3.05) is 17.2 Å². The molecule has 2 aromatic carbocycles. The first-order chi connectivity index (χ1) is 17.2. The van der Waals surface area contributed by atoms with Gasteiger partial charge < -0.3 is 25.1 Å². The molecule has 1 aliphatic heterocycles. The fourth-order valence-electron chi connectivity index (χ4n) is 4.46. The van der Waals surface area contributed by atoms with Crippen molar-refractivity contribution in [3.05, 3.63) is 77.5 Å². The topological polar surface area (TPSA) is 125 Å². The van der Waals surface area contributed by atoms with Gasteiger partial charge in [0.25, 0.3) is 0 Å². The molecule has 0 spiro atoms. The lowest BCUT2D eigenvalue weighted by molar-refractivity contribution is -0.137. The number of rotatable bonds is 8. The summed E-state index contributed by atoms with van der Waals surface area (Å²) >= 11 is 0.